The predicted molar refractivity (Wildman–Crippen MR) is 88.9 cm³/mol. The van der Waals surface area contributed by atoms with Crippen LogP contribution in [0.15, 0.2) is 43.0 Å². The lowest BCUT2D eigenvalue weighted by molar-refractivity contribution is -0.125. The topological polar surface area (TPSA) is 46.9 Å². The van der Waals surface area contributed by atoms with Crippen molar-refractivity contribution in [3.05, 3.63) is 53.6 Å². The van der Waals surface area contributed by atoms with Crippen molar-refractivity contribution in [3.63, 3.8) is 0 Å². The van der Waals surface area contributed by atoms with Crippen LogP contribution in [0.25, 0.3) is 0 Å². The van der Waals surface area contributed by atoms with E-state index in [0.717, 1.165) is 24.9 Å². The lowest BCUT2D eigenvalue weighted by Crippen LogP contribution is -2.40. The summed E-state index contributed by atoms with van der Waals surface area (Å²) in [6.07, 6.45) is 7.47. The fraction of sp³-hybridized carbons (Fsp3) is 0.412. The molecule has 0 bridgehead atoms. The molecule has 1 aromatic heterocycles. The Hall–Kier alpha value is -1.81. The number of halogens is 1. The third-order valence-corrected chi connectivity index (χ3v) is 4.04. The maximum absolute atomic E-state index is 12.4. The minimum Gasteiger partial charge on any atom is -0.355 e. The van der Waals surface area contributed by atoms with Gasteiger partial charge in [0.15, 0.2) is 0 Å². The number of nitrogens with one attached hydrogen (secondary N) is 1. The summed E-state index contributed by atoms with van der Waals surface area (Å²) in [7, 11) is 0. The standard InChI is InChI=1S/C17H22ClN3O/c1-17(2,14-6-5-7-15(18)12-14)16(22)20-8-3-4-10-21-11-9-19-13-21/h5-7,9,11-13H,3-4,8,10H2,1-2H3,(H,20,22). The maximum atomic E-state index is 12.4. The molecule has 2 aromatic rings. The average Bonchev–Trinajstić information content (AvgIpc) is 3.00. The molecule has 0 aliphatic heterocycles. The molecule has 0 saturated heterocycles. The van der Waals surface area contributed by atoms with Crippen molar-refractivity contribution < 1.29 is 4.79 Å². The van der Waals surface area contributed by atoms with E-state index < -0.39 is 5.41 Å². The minimum absolute atomic E-state index is 0.0254. The lowest BCUT2D eigenvalue weighted by atomic mass is 9.83. The number of aryl methyl sites for hydroxylation is 1. The highest BCUT2D eigenvalue weighted by Crippen LogP contribution is 2.25. The monoisotopic (exact) mass is 319 g/mol. The fourth-order valence-corrected chi connectivity index (χ4v) is 2.46. The first-order chi connectivity index (χ1) is 10.5. The molecule has 1 N–H and O–H groups in total. The van der Waals surface area contributed by atoms with Gasteiger partial charge < -0.3 is 9.88 Å². The molecule has 0 atom stereocenters. The minimum atomic E-state index is -0.588. The summed E-state index contributed by atoms with van der Waals surface area (Å²) in [5, 5.41) is 3.67. The van der Waals surface area contributed by atoms with Crippen molar-refractivity contribution in [1.29, 1.82) is 0 Å². The van der Waals surface area contributed by atoms with Gasteiger partial charge in [0.2, 0.25) is 5.91 Å². The normalized spacial score (nSPS) is 11.4. The summed E-state index contributed by atoms with van der Waals surface area (Å²) in [6.45, 7) is 5.43. The zero-order valence-electron chi connectivity index (χ0n) is 13.1. The van der Waals surface area contributed by atoms with Crippen LogP contribution < -0.4 is 5.32 Å². The van der Waals surface area contributed by atoms with E-state index in [1.807, 2.05) is 48.9 Å². The Labute approximate surface area is 136 Å². The van der Waals surface area contributed by atoms with Crippen LogP contribution in [0.4, 0.5) is 0 Å². The molecular formula is C17H22ClN3O. The molecule has 1 heterocycles. The number of rotatable bonds is 7. The maximum Gasteiger partial charge on any atom is 0.230 e. The molecule has 1 amide bonds. The van der Waals surface area contributed by atoms with E-state index in [9.17, 15) is 4.79 Å². The number of hydrogen-bond donors (Lipinski definition) is 1. The fourth-order valence-electron chi connectivity index (χ4n) is 2.27. The van der Waals surface area contributed by atoms with Gasteiger partial charge in [0.1, 0.15) is 0 Å². The summed E-state index contributed by atoms with van der Waals surface area (Å²) in [4.78, 5) is 16.4. The van der Waals surface area contributed by atoms with E-state index in [2.05, 4.69) is 10.3 Å². The number of unbranched alkanes of at least 4 members (excludes halogenated alkanes) is 1. The van der Waals surface area contributed by atoms with Crippen LogP contribution >= 0.6 is 11.6 Å². The van der Waals surface area contributed by atoms with Gasteiger partial charge >= 0.3 is 0 Å². The van der Waals surface area contributed by atoms with E-state index in [4.69, 9.17) is 11.6 Å². The van der Waals surface area contributed by atoms with Crippen LogP contribution in [0, 0.1) is 0 Å². The number of hydrogen-bond acceptors (Lipinski definition) is 2. The van der Waals surface area contributed by atoms with Crippen molar-refractivity contribution in [2.75, 3.05) is 6.54 Å². The number of carbonyl (C=O) groups excluding carboxylic acids is 1. The van der Waals surface area contributed by atoms with Crippen LogP contribution in [0.2, 0.25) is 5.02 Å². The first kappa shape index (κ1) is 16.6. The van der Waals surface area contributed by atoms with Crippen molar-refractivity contribution in [2.45, 2.75) is 38.6 Å². The van der Waals surface area contributed by atoms with Gasteiger partial charge in [0.25, 0.3) is 0 Å². The van der Waals surface area contributed by atoms with Gasteiger partial charge in [-0.05, 0) is 44.4 Å². The van der Waals surface area contributed by atoms with E-state index in [-0.39, 0.29) is 5.91 Å². The first-order valence-corrected chi connectivity index (χ1v) is 7.88. The van der Waals surface area contributed by atoms with Crippen LogP contribution in [0.3, 0.4) is 0 Å². The molecular weight excluding hydrogens is 298 g/mol. The third kappa shape index (κ3) is 4.34. The molecule has 0 saturated carbocycles. The second kappa shape index (κ2) is 7.45. The van der Waals surface area contributed by atoms with Gasteiger partial charge in [-0.3, -0.25) is 4.79 Å². The Morgan fingerprint density at radius 3 is 2.86 bits per heavy atom. The Morgan fingerprint density at radius 2 is 2.18 bits per heavy atom. The quantitative estimate of drug-likeness (QED) is 0.795. The SMILES string of the molecule is CC(C)(C(=O)NCCCCn1ccnc1)c1cccc(Cl)c1. The number of benzene rings is 1. The van der Waals surface area contributed by atoms with Crippen LogP contribution in [-0.2, 0) is 16.8 Å². The van der Waals surface area contributed by atoms with Gasteiger partial charge in [-0.2, -0.15) is 0 Å². The van der Waals surface area contributed by atoms with Gasteiger partial charge in [0, 0.05) is 30.5 Å². The molecule has 22 heavy (non-hydrogen) atoms. The molecule has 0 aliphatic carbocycles. The van der Waals surface area contributed by atoms with Crippen LogP contribution in [0.1, 0.15) is 32.3 Å². The molecule has 2 rings (SSSR count). The van der Waals surface area contributed by atoms with Crippen molar-refractivity contribution in [2.24, 2.45) is 0 Å². The van der Waals surface area contributed by atoms with E-state index in [1.54, 1.807) is 12.5 Å². The lowest BCUT2D eigenvalue weighted by Gasteiger charge is -2.24. The molecule has 0 unspecified atom stereocenters. The Balaban J connectivity index is 1.78. The number of carbonyl (C=O) groups is 1. The van der Waals surface area contributed by atoms with Gasteiger partial charge in [-0.25, -0.2) is 4.98 Å². The number of nitrogens with zero attached hydrogens (tertiary/aromatic N) is 2. The van der Waals surface area contributed by atoms with Gasteiger partial charge in [-0.1, -0.05) is 23.7 Å². The summed E-state index contributed by atoms with van der Waals surface area (Å²) in [5.74, 6) is 0.0254. The molecule has 5 heteroatoms. The molecule has 118 valence electrons. The smallest absolute Gasteiger partial charge is 0.230 e. The Morgan fingerprint density at radius 1 is 1.36 bits per heavy atom. The Bertz CT molecular complexity index is 608. The second-order valence-corrected chi connectivity index (χ2v) is 6.34. The molecule has 0 spiro atoms. The molecule has 4 nitrogen and oxygen atoms in total. The highest BCUT2D eigenvalue weighted by molar-refractivity contribution is 6.30. The molecule has 0 aliphatic rings. The van der Waals surface area contributed by atoms with Crippen molar-refractivity contribution >= 4 is 17.5 Å². The van der Waals surface area contributed by atoms with Gasteiger partial charge in [0.05, 0.1) is 11.7 Å². The van der Waals surface area contributed by atoms with Crippen LogP contribution in [0.5, 0.6) is 0 Å². The largest absolute Gasteiger partial charge is 0.355 e. The molecule has 1 aromatic carbocycles. The second-order valence-electron chi connectivity index (χ2n) is 5.90. The summed E-state index contributed by atoms with van der Waals surface area (Å²) >= 11 is 6.01. The van der Waals surface area contributed by atoms with Crippen molar-refractivity contribution in [3.8, 4) is 0 Å². The zero-order chi connectivity index (χ0) is 16.0. The first-order valence-electron chi connectivity index (χ1n) is 7.50. The summed E-state index contributed by atoms with van der Waals surface area (Å²) < 4.78 is 2.04. The zero-order valence-corrected chi connectivity index (χ0v) is 13.8. The highest BCUT2D eigenvalue weighted by atomic mass is 35.5. The number of aromatic nitrogens is 2. The predicted octanol–water partition coefficient (Wildman–Crippen LogP) is 3.41. The Kier molecular flexibility index (Phi) is 5.61. The average molecular weight is 320 g/mol. The van der Waals surface area contributed by atoms with Crippen molar-refractivity contribution in [1.82, 2.24) is 14.9 Å². The van der Waals surface area contributed by atoms with Gasteiger partial charge in [-0.15, -0.1) is 0 Å². The third-order valence-electron chi connectivity index (χ3n) is 3.80. The summed E-state index contributed by atoms with van der Waals surface area (Å²) in [5.41, 5.74) is 0.339. The van der Waals surface area contributed by atoms with Crippen LogP contribution in [-0.4, -0.2) is 22.0 Å². The van der Waals surface area contributed by atoms with E-state index in [1.165, 1.54) is 0 Å². The van der Waals surface area contributed by atoms with E-state index >= 15 is 0 Å². The van der Waals surface area contributed by atoms with E-state index in [0.29, 0.717) is 11.6 Å². The summed E-state index contributed by atoms with van der Waals surface area (Å²) in [6, 6.07) is 7.47. The number of amides is 1. The molecule has 0 radical (unpaired) electrons. The number of imidazole rings is 1. The molecule has 0 fully saturated rings. The highest BCUT2D eigenvalue weighted by Gasteiger charge is 2.29.